The smallest absolute Gasteiger partial charge is 0.219 e. The van der Waals surface area contributed by atoms with E-state index in [9.17, 15) is 5.11 Å². The summed E-state index contributed by atoms with van der Waals surface area (Å²) in [7, 11) is -0.596. The first-order chi connectivity index (χ1) is 15.1. The number of ether oxygens (including phenoxy) is 3. The topological polar surface area (TPSA) is 78.6 Å². The highest BCUT2D eigenvalue weighted by molar-refractivity contribution is 6.55. The molecule has 0 radical (unpaired) electrons. The molecule has 164 valence electrons. The predicted octanol–water partition coefficient (Wildman–Crippen LogP) is 4.06. The van der Waals surface area contributed by atoms with Crippen molar-refractivity contribution in [3.8, 4) is 28.6 Å². The normalized spacial score (nSPS) is 15.2. The molecule has 4 rings (SSSR count). The van der Waals surface area contributed by atoms with E-state index < -0.39 is 8.80 Å². The maximum Gasteiger partial charge on any atom is 0.219 e. The summed E-state index contributed by atoms with van der Waals surface area (Å²) in [5.41, 5.74) is 3.04. The standard InChI is InChI=1S/C23H29N3O4Si/c1-31(2)12-11-28-16-26-21(7-9-25-26)17-3-6-23(24-14-17)30-19-4-5-20-18(8-10-27)15-29-22(20)13-19/h3-7,9,13-14,18,27,31H,8,10-12,15-16H2,1-2H3. The molecule has 1 atom stereocenters. The molecular weight excluding hydrogens is 410 g/mol. The third kappa shape index (κ3) is 5.33. The van der Waals surface area contributed by atoms with E-state index in [-0.39, 0.29) is 12.5 Å². The number of aromatic nitrogens is 3. The molecule has 1 unspecified atom stereocenters. The summed E-state index contributed by atoms with van der Waals surface area (Å²) in [6, 6.07) is 12.7. The first kappa shape index (κ1) is 21.5. The van der Waals surface area contributed by atoms with E-state index in [0.29, 0.717) is 31.4 Å². The van der Waals surface area contributed by atoms with E-state index in [1.807, 2.05) is 41.1 Å². The second-order valence-electron chi connectivity index (χ2n) is 8.14. The van der Waals surface area contributed by atoms with Crippen LogP contribution in [-0.4, -0.2) is 48.5 Å². The monoisotopic (exact) mass is 439 g/mol. The van der Waals surface area contributed by atoms with Crippen LogP contribution in [0.15, 0.2) is 48.8 Å². The van der Waals surface area contributed by atoms with Crippen LogP contribution in [0.25, 0.3) is 11.3 Å². The van der Waals surface area contributed by atoms with Gasteiger partial charge in [0.2, 0.25) is 5.88 Å². The third-order valence-corrected chi connectivity index (χ3v) is 6.76. The SMILES string of the molecule is C[SiH](C)CCOCn1nccc1-c1ccc(Oc2ccc3c(c2)OCC3CCO)nc1. The number of nitrogens with zero attached hydrogens (tertiary/aromatic N) is 3. The van der Waals surface area contributed by atoms with Gasteiger partial charge in [0.25, 0.3) is 0 Å². The lowest BCUT2D eigenvalue weighted by atomic mass is 9.98. The van der Waals surface area contributed by atoms with Crippen molar-refractivity contribution in [2.45, 2.75) is 38.2 Å². The number of hydrogen-bond acceptors (Lipinski definition) is 6. The number of pyridine rings is 1. The number of fused-ring (bicyclic) bond motifs is 1. The van der Waals surface area contributed by atoms with E-state index in [1.54, 1.807) is 12.4 Å². The Hall–Kier alpha value is -2.68. The summed E-state index contributed by atoms with van der Waals surface area (Å²) >= 11 is 0. The highest BCUT2D eigenvalue weighted by Crippen LogP contribution is 2.38. The summed E-state index contributed by atoms with van der Waals surface area (Å²) in [5, 5.41) is 13.6. The van der Waals surface area contributed by atoms with Crippen molar-refractivity contribution < 1.29 is 19.3 Å². The first-order valence-corrected chi connectivity index (χ1v) is 13.9. The van der Waals surface area contributed by atoms with Crippen LogP contribution in [0.3, 0.4) is 0 Å². The van der Waals surface area contributed by atoms with Gasteiger partial charge in [0, 0.05) is 63.6 Å². The van der Waals surface area contributed by atoms with Gasteiger partial charge in [0.1, 0.15) is 18.2 Å². The molecule has 7 nitrogen and oxygen atoms in total. The van der Waals surface area contributed by atoms with Gasteiger partial charge in [-0.1, -0.05) is 19.2 Å². The van der Waals surface area contributed by atoms with Crippen LogP contribution in [0.4, 0.5) is 0 Å². The summed E-state index contributed by atoms with van der Waals surface area (Å²) in [4.78, 5) is 4.46. The van der Waals surface area contributed by atoms with Crippen LogP contribution in [0, 0.1) is 0 Å². The molecule has 0 saturated heterocycles. The molecule has 31 heavy (non-hydrogen) atoms. The van der Waals surface area contributed by atoms with E-state index in [0.717, 1.165) is 29.2 Å². The second kappa shape index (κ2) is 10.1. The minimum atomic E-state index is -0.596. The Labute approximate surface area is 184 Å². The van der Waals surface area contributed by atoms with Crippen molar-refractivity contribution in [3.63, 3.8) is 0 Å². The van der Waals surface area contributed by atoms with Crippen LogP contribution in [-0.2, 0) is 11.5 Å². The molecule has 3 heterocycles. The average Bonchev–Trinajstić information content (AvgIpc) is 3.39. The van der Waals surface area contributed by atoms with Crippen LogP contribution in [0.1, 0.15) is 17.9 Å². The lowest BCUT2D eigenvalue weighted by Crippen LogP contribution is -2.10. The van der Waals surface area contributed by atoms with Crippen molar-refractivity contribution in [2.75, 3.05) is 19.8 Å². The summed E-state index contributed by atoms with van der Waals surface area (Å²) in [6.07, 6.45) is 4.26. The van der Waals surface area contributed by atoms with Crippen molar-refractivity contribution in [2.24, 2.45) is 0 Å². The Morgan fingerprint density at radius 3 is 2.90 bits per heavy atom. The Bertz CT molecular complexity index is 991. The van der Waals surface area contributed by atoms with Gasteiger partial charge in [-0.15, -0.1) is 0 Å². The average molecular weight is 440 g/mol. The zero-order valence-corrected chi connectivity index (χ0v) is 19.2. The molecule has 2 aromatic heterocycles. The highest BCUT2D eigenvalue weighted by Gasteiger charge is 2.24. The van der Waals surface area contributed by atoms with E-state index in [4.69, 9.17) is 14.2 Å². The van der Waals surface area contributed by atoms with Crippen molar-refractivity contribution in [3.05, 3.63) is 54.4 Å². The van der Waals surface area contributed by atoms with Crippen molar-refractivity contribution in [1.29, 1.82) is 0 Å². The molecule has 0 amide bonds. The maximum absolute atomic E-state index is 9.18. The fourth-order valence-electron chi connectivity index (χ4n) is 3.58. The van der Waals surface area contributed by atoms with Crippen LogP contribution in [0.2, 0.25) is 19.1 Å². The number of aliphatic hydroxyl groups is 1. The van der Waals surface area contributed by atoms with Crippen molar-refractivity contribution in [1.82, 2.24) is 14.8 Å². The van der Waals surface area contributed by atoms with Gasteiger partial charge >= 0.3 is 0 Å². The van der Waals surface area contributed by atoms with Gasteiger partial charge in [0.15, 0.2) is 0 Å². The first-order valence-electron chi connectivity index (χ1n) is 10.8. The molecule has 0 fully saturated rings. The number of rotatable bonds is 10. The van der Waals surface area contributed by atoms with E-state index in [1.165, 1.54) is 6.04 Å². The summed E-state index contributed by atoms with van der Waals surface area (Å²) < 4.78 is 19.3. The van der Waals surface area contributed by atoms with Gasteiger partial charge in [-0.2, -0.15) is 5.10 Å². The largest absolute Gasteiger partial charge is 0.493 e. The highest BCUT2D eigenvalue weighted by atomic mass is 28.3. The number of aliphatic hydroxyl groups excluding tert-OH is 1. The molecule has 0 aliphatic carbocycles. The maximum atomic E-state index is 9.18. The molecule has 0 bridgehead atoms. The lowest BCUT2D eigenvalue weighted by Gasteiger charge is -2.10. The molecule has 8 heteroatoms. The minimum absolute atomic E-state index is 0.159. The summed E-state index contributed by atoms with van der Waals surface area (Å²) in [6.45, 7) is 6.62. The molecule has 0 spiro atoms. The van der Waals surface area contributed by atoms with Crippen LogP contribution >= 0.6 is 0 Å². The van der Waals surface area contributed by atoms with Gasteiger partial charge in [0.05, 0.1) is 12.3 Å². The Morgan fingerprint density at radius 1 is 1.23 bits per heavy atom. The number of hydrogen-bond donors (Lipinski definition) is 1. The fourth-order valence-corrected chi connectivity index (χ4v) is 4.22. The zero-order chi connectivity index (χ0) is 21.6. The quantitative estimate of drug-likeness (QED) is 0.379. The molecule has 1 aliphatic rings. The lowest BCUT2D eigenvalue weighted by molar-refractivity contribution is 0.0801. The van der Waals surface area contributed by atoms with E-state index in [2.05, 4.69) is 23.2 Å². The van der Waals surface area contributed by atoms with Crippen LogP contribution < -0.4 is 9.47 Å². The van der Waals surface area contributed by atoms with Crippen molar-refractivity contribution >= 4 is 8.80 Å². The molecule has 1 aliphatic heterocycles. The molecule has 1 N–H and O–H groups in total. The van der Waals surface area contributed by atoms with Gasteiger partial charge in [-0.05, 0) is 30.7 Å². The van der Waals surface area contributed by atoms with Gasteiger partial charge in [-0.25, -0.2) is 9.67 Å². The summed E-state index contributed by atoms with van der Waals surface area (Å²) in [5.74, 6) is 2.25. The predicted molar refractivity (Wildman–Crippen MR) is 122 cm³/mol. The molecular formula is C23H29N3O4Si. The Balaban J connectivity index is 1.39. The second-order valence-corrected chi connectivity index (χ2v) is 11.5. The third-order valence-electron chi connectivity index (χ3n) is 5.37. The van der Waals surface area contributed by atoms with Gasteiger partial charge in [-0.3, -0.25) is 0 Å². The Morgan fingerprint density at radius 2 is 2.13 bits per heavy atom. The zero-order valence-electron chi connectivity index (χ0n) is 18.0. The Kier molecular flexibility index (Phi) is 7.01. The fraction of sp³-hybridized carbons (Fsp3) is 0.391. The molecule has 3 aromatic rings. The van der Waals surface area contributed by atoms with Gasteiger partial charge < -0.3 is 19.3 Å². The molecule has 0 saturated carbocycles. The van der Waals surface area contributed by atoms with Crippen LogP contribution in [0.5, 0.6) is 17.4 Å². The number of benzene rings is 1. The minimum Gasteiger partial charge on any atom is -0.493 e. The van der Waals surface area contributed by atoms with E-state index >= 15 is 0 Å². The molecule has 1 aromatic carbocycles.